The van der Waals surface area contributed by atoms with Crippen LogP contribution in [-0.2, 0) is 11.3 Å². The number of aromatic nitrogens is 1. The third kappa shape index (κ3) is 4.65. The molecule has 0 bridgehead atoms. The summed E-state index contributed by atoms with van der Waals surface area (Å²) in [7, 11) is 1.69. The number of hydrogen-bond donors (Lipinski definition) is 1. The Hall–Kier alpha value is -1.66. The molecule has 1 N–H and O–H groups in total. The summed E-state index contributed by atoms with van der Waals surface area (Å²) < 4.78 is 5.23. The minimum absolute atomic E-state index is 0.0523. The highest BCUT2D eigenvalue weighted by molar-refractivity contribution is 5.74. The molecule has 6 nitrogen and oxygen atoms in total. The van der Waals surface area contributed by atoms with E-state index in [1.165, 1.54) is 12.8 Å². The Morgan fingerprint density at radius 2 is 2.13 bits per heavy atom. The monoisotopic (exact) mass is 318 g/mol. The molecule has 0 radical (unpaired) electrons. The van der Waals surface area contributed by atoms with Crippen molar-refractivity contribution in [3.8, 4) is 0 Å². The van der Waals surface area contributed by atoms with Crippen molar-refractivity contribution < 1.29 is 9.53 Å². The second-order valence-corrected chi connectivity index (χ2v) is 6.43. The Bertz CT molecular complexity index is 499. The van der Waals surface area contributed by atoms with Gasteiger partial charge in [0.1, 0.15) is 0 Å². The molecule has 1 saturated carbocycles. The number of carbonyl (C=O) groups excluding carboxylic acids is 1. The summed E-state index contributed by atoms with van der Waals surface area (Å²) in [6.07, 6.45) is 4.23. The van der Waals surface area contributed by atoms with E-state index in [0.717, 1.165) is 38.4 Å². The van der Waals surface area contributed by atoms with Gasteiger partial charge in [0.05, 0.1) is 18.3 Å². The molecule has 3 rings (SSSR count). The van der Waals surface area contributed by atoms with Gasteiger partial charge >= 0.3 is 6.03 Å². The number of methoxy groups -OCH3 is 1. The first-order valence-electron chi connectivity index (χ1n) is 8.43. The molecule has 6 heteroatoms. The lowest BCUT2D eigenvalue weighted by molar-refractivity contribution is 0.121. The van der Waals surface area contributed by atoms with Gasteiger partial charge in [-0.2, -0.15) is 0 Å². The number of hydrogen-bond acceptors (Lipinski definition) is 4. The smallest absolute Gasteiger partial charge is 0.317 e. The van der Waals surface area contributed by atoms with Crippen LogP contribution in [0.3, 0.4) is 0 Å². The average molecular weight is 318 g/mol. The van der Waals surface area contributed by atoms with Gasteiger partial charge in [0.15, 0.2) is 0 Å². The fraction of sp³-hybridized carbons (Fsp3) is 0.647. The lowest BCUT2D eigenvalue weighted by atomic mass is 10.2. The maximum Gasteiger partial charge on any atom is 0.317 e. The van der Waals surface area contributed by atoms with Crippen molar-refractivity contribution in [2.24, 2.45) is 5.92 Å². The maximum atomic E-state index is 12.4. The minimum Gasteiger partial charge on any atom is -0.383 e. The molecule has 126 valence electrons. The van der Waals surface area contributed by atoms with Gasteiger partial charge in [-0.25, -0.2) is 4.79 Å². The van der Waals surface area contributed by atoms with Crippen molar-refractivity contribution in [2.45, 2.75) is 25.4 Å². The first kappa shape index (κ1) is 16.2. The van der Waals surface area contributed by atoms with Gasteiger partial charge in [-0.05, 0) is 30.9 Å². The van der Waals surface area contributed by atoms with Crippen LogP contribution in [0.1, 0.15) is 18.5 Å². The maximum absolute atomic E-state index is 12.4. The number of ether oxygens (including phenoxy) is 1. The van der Waals surface area contributed by atoms with Crippen LogP contribution >= 0.6 is 0 Å². The van der Waals surface area contributed by atoms with Crippen LogP contribution in [0.15, 0.2) is 24.4 Å². The number of amides is 2. The van der Waals surface area contributed by atoms with Crippen molar-refractivity contribution in [1.82, 2.24) is 20.1 Å². The van der Waals surface area contributed by atoms with E-state index in [4.69, 9.17) is 4.74 Å². The van der Waals surface area contributed by atoms with Crippen molar-refractivity contribution in [3.63, 3.8) is 0 Å². The normalized spacial score (nSPS) is 20.3. The fourth-order valence-electron chi connectivity index (χ4n) is 3.05. The van der Waals surface area contributed by atoms with Gasteiger partial charge in [0, 0.05) is 46.0 Å². The molecule has 23 heavy (non-hydrogen) atoms. The van der Waals surface area contributed by atoms with E-state index < -0.39 is 0 Å². The Balaban J connectivity index is 1.43. The Labute approximate surface area is 137 Å². The molecule has 2 amide bonds. The van der Waals surface area contributed by atoms with Crippen molar-refractivity contribution >= 4 is 6.03 Å². The van der Waals surface area contributed by atoms with Crippen molar-refractivity contribution in [1.29, 1.82) is 0 Å². The second kappa shape index (κ2) is 7.75. The predicted octanol–water partition coefficient (Wildman–Crippen LogP) is 1.33. The average Bonchev–Trinajstić information content (AvgIpc) is 3.41. The molecule has 1 aromatic rings. The Morgan fingerprint density at radius 1 is 1.35 bits per heavy atom. The van der Waals surface area contributed by atoms with Gasteiger partial charge < -0.3 is 15.0 Å². The van der Waals surface area contributed by atoms with E-state index >= 15 is 0 Å². The topological polar surface area (TPSA) is 57.7 Å². The molecule has 0 aromatic carbocycles. The standard InChI is InChI=1S/C17H26N4O2/c1-23-13-16(14-5-6-14)19-17(22)21-10-8-20(9-11-21)12-15-4-2-3-7-18-15/h2-4,7,14,16H,5-6,8-13H2,1H3,(H,19,22)/t16-/m0/s1. The summed E-state index contributed by atoms with van der Waals surface area (Å²) in [6, 6.07) is 6.21. The molecule has 1 aliphatic heterocycles. The summed E-state index contributed by atoms with van der Waals surface area (Å²) in [5, 5.41) is 3.15. The molecule has 1 aromatic heterocycles. The zero-order valence-corrected chi connectivity index (χ0v) is 13.8. The first-order valence-corrected chi connectivity index (χ1v) is 8.43. The van der Waals surface area contributed by atoms with E-state index in [1.54, 1.807) is 7.11 Å². The molecule has 0 spiro atoms. The van der Waals surface area contributed by atoms with E-state index in [1.807, 2.05) is 29.3 Å². The van der Waals surface area contributed by atoms with Crippen molar-refractivity contribution in [2.75, 3.05) is 39.9 Å². The van der Waals surface area contributed by atoms with Crippen LogP contribution in [0.5, 0.6) is 0 Å². The highest BCUT2D eigenvalue weighted by atomic mass is 16.5. The molecule has 1 aliphatic carbocycles. The summed E-state index contributed by atoms with van der Waals surface area (Å²) in [4.78, 5) is 21.0. The van der Waals surface area contributed by atoms with E-state index in [2.05, 4.69) is 15.2 Å². The highest BCUT2D eigenvalue weighted by Gasteiger charge is 2.33. The Kier molecular flexibility index (Phi) is 5.46. The number of rotatable bonds is 6. The predicted molar refractivity (Wildman–Crippen MR) is 88.0 cm³/mol. The van der Waals surface area contributed by atoms with Gasteiger partial charge in [-0.1, -0.05) is 6.07 Å². The highest BCUT2D eigenvalue weighted by Crippen LogP contribution is 2.32. The molecule has 2 aliphatic rings. The van der Waals surface area contributed by atoms with Gasteiger partial charge in [-0.3, -0.25) is 9.88 Å². The summed E-state index contributed by atoms with van der Waals surface area (Å²) in [5.74, 6) is 0.601. The number of piperazine rings is 1. The van der Waals surface area contributed by atoms with Crippen LogP contribution in [0.4, 0.5) is 4.79 Å². The van der Waals surface area contributed by atoms with Crippen LogP contribution < -0.4 is 5.32 Å². The minimum atomic E-state index is 0.0523. The number of nitrogens with zero attached hydrogens (tertiary/aromatic N) is 3. The largest absolute Gasteiger partial charge is 0.383 e. The number of urea groups is 1. The Morgan fingerprint density at radius 3 is 2.74 bits per heavy atom. The van der Waals surface area contributed by atoms with Gasteiger partial charge in [-0.15, -0.1) is 0 Å². The third-order valence-corrected chi connectivity index (χ3v) is 4.62. The van der Waals surface area contributed by atoms with E-state index in [9.17, 15) is 4.79 Å². The molecular weight excluding hydrogens is 292 g/mol. The van der Waals surface area contributed by atoms with Crippen molar-refractivity contribution in [3.05, 3.63) is 30.1 Å². The molecule has 1 saturated heterocycles. The van der Waals surface area contributed by atoms with Crippen LogP contribution in [-0.4, -0.2) is 66.8 Å². The quantitative estimate of drug-likeness (QED) is 0.860. The van der Waals surface area contributed by atoms with Crippen LogP contribution in [0.2, 0.25) is 0 Å². The van der Waals surface area contributed by atoms with Crippen LogP contribution in [0, 0.1) is 5.92 Å². The zero-order chi connectivity index (χ0) is 16.1. The lowest BCUT2D eigenvalue weighted by Gasteiger charge is -2.35. The number of carbonyl (C=O) groups is 1. The summed E-state index contributed by atoms with van der Waals surface area (Å²) in [5.41, 5.74) is 1.08. The number of pyridine rings is 1. The zero-order valence-electron chi connectivity index (χ0n) is 13.8. The third-order valence-electron chi connectivity index (χ3n) is 4.62. The molecular formula is C17H26N4O2. The molecule has 2 fully saturated rings. The van der Waals surface area contributed by atoms with E-state index in [0.29, 0.717) is 12.5 Å². The summed E-state index contributed by atoms with van der Waals surface area (Å²) in [6.45, 7) is 4.78. The molecule has 0 unspecified atom stereocenters. The summed E-state index contributed by atoms with van der Waals surface area (Å²) >= 11 is 0. The second-order valence-electron chi connectivity index (χ2n) is 6.43. The molecule has 2 heterocycles. The molecule has 1 atom stereocenters. The van der Waals surface area contributed by atoms with Gasteiger partial charge in [0.2, 0.25) is 0 Å². The van der Waals surface area contributed by atoms with E-state index in [-0.39, 0.29) is 12.1 Å². The first-order chi connectivity index (χ1) is 11.3. The number of nitrogens with one attached hydrogen (secondary N) is 1. The van der Waals surface area contributed by atoms with Gasteiger partial charge in [0.25, 0.3) is 0 Å². The van der Waals surface area contributed by atoms with Crippen LogP contribution in [0.25, 0.3) is 0 Å². The SMILES string of the molecule is COC[C@H](NC(=O)N1CCN(Cc2ccccn2)CC1)C1CC1. The fourth-order valence-corrected chi connectivity index (χ4v) is 3.05. The lowest BCUT2D eigenvalue weighted by Crippen LogP contribution is -2.54.